The number of nitrogens with zero attached hydrogens (tertiary/aromatic N) is 3. The minimum atomic E-state index is -2.91. The second-order valence-corrected chi connectivity index (χ2v) is 5.06. The van der Waals surface area contributed by atoms with Gasteiger partial charge >= 0.3 is 12.6 Å². The van der Waals surface area contributed by atoms with Gasteiger partial charge in [0.05, 0.1) is 11.4 Å². The first-order valence-corrected chi connectivity index (χ1v) is 7.36. The summed E-state index contributed by atoms with van der Waals surface area (Å²) in [6.45, 7) is -1.07. The van der Waals surface area contributed by atoms with E-state index in [-0.39, 0.29) is 24.4 Å². The second kappa shape index (κ2) is 8.18. The predicted molar refractivity (Wildman–Crippen MR) is 81.9 cm³/mol. The van der Waals surface area contributed by atoms with Crippen molar-refractivity contribution in [2.75, 3.05) is 6.54 Å². The standard InChI is InChI=1S/C15H16F2N4O4/c1-9-13(14(24)18-8-2-3-12(22)23)19-20-21(9)10-4-6-11(7-5-10)25-15(16)17/h4-7,15H,2-3,8H2,1H3,(H,18,24)(H,22,23). The normalized spacial score (nSPS) is 10.7. The van der Waals surface area contributed by atoms with Crippen molar-refractivity contribution < 1.29 is 28.2 Å². The lowest BCUT2D eigenvalue weighted by Gasteiger charge is -2.07. The number of carboxylic acid groups (broad SMARTS) is 1. The lowest BCUT2D eigenvalue weighted by atomic mass is 10.2. The smallest absolute Gasteiger partial charge is 0.387 e. The fourth-order valence-electron chi connectivity index (χ4n) is 2.08. The quantitative estimate of drug-likeness (QED) is 0.700. The van der Waals surface area contributed by atoms with Crippen molar-refractivity contribution >= 4 is 11.9 Å². The number of ether oxygens (including phenoxy) is 1. The van der Waals surface area contributed by atoms with E-state index in [0.29, 0.717) is 17.8 Å². The van der Waals surface area contributed by atoms with Crippen LogP contribution in [0.25, 0.3) is 5.69 Å². The number of carboxylic acids is 1. The number of nitrogens with one attached hydrogen (secondary N) is 1. The molecule has 0 atom stereocenters. The molecule has 2 N–H and O–H groups in total. The number of carbonyl (C=O) groups excluding carboxylic acids is 1. The molecule has 0 saturated heterocycles. The molecule has 1 heterocycles. The zero-order chi connectivity index (χ0) is 18.4. The zero-order valence-electron chi connectivity index (χ0n) is 13.3. The van der Waals surface area contributed by atoms with Crippen LogP contribution in [0.5, 0.6) is 5.75 Å². The summed E-state index contributed by atoms with van der Waals surface area (Å²) in [7, 11) is 0. The highest BCUT2D eigenvalue weighted by atomic mass is 19.3. The van der Waals surface area contributed by atoms with E-state index in [1.54, 1.807) is 6.92 Å². The Hall–Kier alpha value is -3.04. The molecule has 0 spiro atoms. The Kier molecular flexibility index (Phi) is 5.98. The van der Waals surface area contributed by atoms with Crippen LogP contribution < -0.4 is 10.1 Å². The molecule has 0 radical (unpaired) electrons. The van der Waals surface area contributed by atoms with Gasteiger partial charge in [-0.3, -0.25) is 9.59 Å². The molecule has 0 bridgehead atoms. The molecule has 0 aliphatic carbocycles. The van der Waals surface area contributed by atoms with Crippen molar-refractivity contribution in [2.45, 2.75) is 26.4 Å². The molecule has 0 saturated carbocycles. The number of hydrogen-bond donors (Lipinski definition) is 2. The Morgan fingerprint density at radius 3 is 2.60 bits per heavy atom. The first-order valence-electron chi connectivity index (χ1n) is 7.36. The van der Waals surface area contributed by atoms with Gasteiger partial charge in [0.2, 0.25) is 0 Å². The van der Waals surface area contributed by atoms with E-state index in [0.717, 1.165) is 0 Å². The molecule has 1 aromatic heterocycles. The number of aliphatic carboxylic acids is 1. The van der Waals surface area contributed by atoms with Crippen molar-refractivity contribution in [3.05, 3.63) is 35.7 Å². The molecule has 0 aliphatic heterocycles. The van der Waals surface area contributed by atoms with Crippen molar-refractivity contribution in [1.82, 2.24) is 20.3 Å². The summed E-state index contributed by atoms with van der Waals surface area (Å²) in [6.07, 6.45) is 0.263. The Balaban J connectivity index is 2.04. The first kappa shape index (κ1) is 18.3. The molecule has 0 fully saturated rings. The van der Waals surface area contributed by atoms with Gasteiger partial charge < -0.3 is 15.2 Å². The number of alkyl halides is 2. The molecule has 10 heteroatoms. The van der Waals surface area contributed by atoms with Crippen molar-refractivity contribution in [1.29, 1.82) is 0 Å². The van der Waals surface area contributed by atoms with E-state index in [1.165, 1.54) is 28.9 Å². The van der Waals surface area contributed by atoms with Crippen LogP contribution in [0.1, 0.15) is 29.0 Å². The van der Waals surface area contributed by atoms with Crippen LogP contribution in [0.3, 0.4) is 0 Å². The summed E-state index contributed by atoms with van der Waals surface area (Å²) in [5, 5.41) is 18.8. The van der Waals surface area contributed by atoms with Crippen molar-refractivity contribution in [3.63, 3.8) is 0 Å². The van der Waals surface area contributed by atoms with Gasteiger partial charge in [-0.2, -0.15) is 8.78 Å². The van der Waals surface area contributed by atoms with Gasteiger partial charge in [-0.05, 0) is 37.6 Å². The molecule has 0 aliphatic rings. The van der Waals surface area contributed by atoms with Gasteiger partial charge in [0, 0.05) is 13.0 Å². The Morgan fingerprint density at radius 2 is 2.00 bits per heavy atom. The topological polar surface area (TPSA) is 106 Å². The summed E-state index contributed by atoms with van der Waals surface area (Å²) >= 11 is 0. The average Bonchev–Trinajstić information content (AvgIpc) is 2.93. The third-order valence-electron chi connectivity index (χ3n) is 3.27. The number of halogens is 2. The molecule has 25 heavy (non-hydrogen) atoms. The third-order valence-corrected chi connectivity index (χ3v) is 3.27. The lowest BCUT2D eigenvalue weighted by molar-refractivity contribution is -0.137. The summed E-state index contributed by atoms with van der Waals surface area (Å²) in [4.78, 5) is 22.5. The highest BCUT2D eigenvalue weighted by Gasteiger charge is 2.17. The van der Waals surface area contributed by atoms with Gasteiger partial charge in [-0.25, -0.2) is 4.68 Å². The highest BCUT2D eigenvalue weighted by molar-refractivity contribution is 5.93. The number of amides is 1. The molecule has 2 rings (SSSR count). The summed E-state index contributed by atoms with van der Waals surface area (Å²) in [5.74, 6) is -1.39. The maximum absolute atomic E-state index is 12.1. The van der Waals surface area contributed by atoms with E-state index in [1.807, 2.05) is 0 Å². The fourth-order valence-corrected chi connectivity index (χ4v) is 2.08. The molecule has 0 unspecified atom stereocenters. The zero-order valence-corrected chi connectivity index (χ0v) is 13.3. The van der Waals surface area contributed by atoms with Crippen LogP contribution in [0.2, 0.25) is 0 Å². The largest absolute Gasteiger partial charge is 0.481 e. The van der Waals surface area contributed by atoms with Crippen LogP contribution >= 0.6 is 0 Å². The van der Waals surface area contributed by atoms with Crippen LogP contribution in [0, 0.1) is 6.92 Å². The van der Waals surface area contributed by atoms with Gasteiger partial charge in [0.15, 0.2) is 5.69 Å². The maximum Gasteiger partial charge on any atom is 0.387 e. The lowest BCUT2D eigenvalue weighted by Crippen LogP contribution is -2.26. The summed E-state index contributed by atoms with van der Waals surface area (Å²) < 4.78 is 29.9. The maximum atomic E-state index is 12.1. The molecule has 1 amide bonds. The van der Waals surface area contributed by atoms with Gasteiger partial charge in [0.1, 0.15) is 5.75 Å². The molecule has 8 nitrogen and oxygen atoms in total. The van der Waals surface area contributed by atoms with Crippen LogP contribution in [0.4, 0.5) is 8.78 Å². The molecular formula is C15H16F2N4O4. The van der Waals surface area contributed by atoms with Crippen LogP contribution in [0.15, 0.2) is 24.3 Å². The molecule has 134 valence electrons. The van der Waals surface area contributed by atoms with E-state index in [4.69, 9.17) is 5.11 Å². The summed E-state index contributed by atoms with van der Waals surface area (Å²) in [6, 6.07) is 5.73. The van der Waals surface area contributed by atoms with Gasteiger partial charge in [0.25, 0.3) is 5.91 Å². The molecular weight excluding hydrogens is 338 g/mol. The number of benzene rings is 1. The van der Waals surface area contributed by atoms with Crippen molar-refractivity contribution in [3.8, 4) is 11.4 Å². The number of carbonyl (C=O) groups is 2. The number of aromatic nitrogens is 3. The Bertz CT molecular complexity index is 746. The van der Waals surface area contributed by atoms with E-state index in [2.05, 4.69) is 20.4 Å². The SMILES string of the molecule is Cc1c(C(=O)NCCCC(=O)O)nnn1-c1ccc(OC(F)F)cc1. The van der Waals surface area contributed by atoms with Crippen molar-refractivity contribution in [2.24, 2.45) is 0 Å². The van der Waals surface area contributed by atoms with Gasteiger partial charge in [-0.1, -0.05) is 5.21 Å². The Morgan fingerprint density at radius 1 is 1.32 bits per heavy atom. The first-order chi connectivity index (χ1) is 11.9. The highest BCUT2D eigenvalue weighted by Crippen LogP contribution is 2.18. The predicted octanol–water partition coefficient (Wildman–Crippen LogP) is 1.77. The van der Waals surface area contributed by atoms with Crippen LogP contribution in [-0.4, -0.2) is 45.1 Å². The third kappa shape index (κ3) is 4.96. The number of rotatable bonds is 8. The minimum Gasteiger partial charge on any atom is -0.481 e. The second-order valence-electron chi connectivity index (χ2n) is 5.06. The average molecular weight is 354 g/mol. The Labute approximate surface area is 141 Å². The summed E-state index contributed by atoms with van der Waals surface area (Å²) in [5.41, 5.74) is 1.08. The minimum absolute atomic E-state index is 0.00733. The molecule has 1 aromatic carbocycles. The van der Waals surface area contributed by atoms with E-state index < -0.39 is 18.5 Å². The van der Waals surface area contributed by atoms with E-state index in [9.17, 15) is 18.4 Å². The monoisotopic (exact) mass is 354 g/mol. The van der Waals surface area contributed by atoms with Gasteiger partial charge in [-0.15, -0.1) is 5.10 Å². The van der Waals surface area contributed by atoms with Crippen LogP contribution in [-0.2, 0) is 4.79 Å². The molecule has 2 aromatic rings. The fraction of sp³-hybridized carbons (Fsp3) is 0.333. The van der Waals surface area contributed by atoms with E-state index >= 15 is 0 Å². The number of hydrogen-bond acceptors (Lipinski definition) is 5.